The topological polar surface area (TPSA) is 174 Å². The molecule has 250 valence electrons. The fourth-order valence-corrected chi connectivity index (χ4v) is 4.37. The minimum absolute atomic E-state index is 0. The third-order valence-electron chi connectivity index (χ3n) is 6.28. The standard InChI is InChI=1S/2C16H20N2O.2CNO.2Cu/c2*1-3-17-10-11-18-12(2)16-14-7-5-4-6-13(14)8-9-15(16)19;2*2-1-3;;/h2*4-9,17,19H,3,10-11H2,1-2H3;;;;/q;;2*-1;2*+2/p-2. The number of aliphatic imine (C=N–C) groups is 2. The minimum atomic E-state index is 0. The van der Waals surface area contributed by atoms with Crippen molar-refractivity contribution in [3.63, 3.8) is 0 Å². The zero-order valence-electron chi connectivity index (χ0n) is 26.2. The molecule has 0 aromatic heterocycles. The molecule has 12 heteroatoms. The monoisotopic (exact) mass is 720 g/mol. The molecular weight excluding hydrogens is 684 g/mol. The molecule has 46 heavy (non-hydrogen) atoms. The van der Waals surface area contributed by atoms with E-state index < -0.39 is 0 Å². The molecule has 0 bridgehead atoms. The number of isocyanates is 2. The second-order valence-electron chi connectivity index (χ2n) is 9.14. The Hall–Kier alpha value is -3.94. The largest absolute Gasteiger partial charge is 2.00 e. The summed E-state index contributed by atoms with van der Waals surface area (Å²) in [7, 11) is 0. The first-order valence-corrected chi connectivity index (χ1v) is 14.1. The van der Waals surface area contributed by atoms with E-state index in [0.29, 0.717) is 25.2 Å². The van der Waals surface area contributed by atoms with Crippen LogP contribution in [-0.4, -0.2) is 62.9 Å². The van der Waals surface area contributed by atoms with Gasteiger partial charge in [-0.05, 0) is 71.8 Å². The molecular formula is C34H38Cu2N6O4. The predicted molar refractivity (Wildman–Crippen MR) is 176 cm³/mol. The van der Waals surface area contributed by atoms with Gasteiger partial charge in [-0.3, -0.25) is 19.6 Å². The number of rotatable bonds is 10. The Balaban J connectivity index is 0. The number of hydrogen-bond donors (Lipinski definition) is 2. The Bertz CT molecular complexity index is 1480. The van der Waals surface area contributed by atoms with Crippen LogP contribution in [0.3, 0.4) is 0 Å². The normalized spacial score (nSPS) is 10.3. The Morgan fingerprint density at radius 2 is 0.978 bits per heavy atom. The van der Waals surface area contributed by atoms with E-state index in [1.54, 1.807) is 12.1 Å². The number of carbonyl (C=O) groups excluding carboxylic acids is 2. The number of hydrogen-bond acceptors (Lipinski definition) is 8. The molecule has 0 atom stereocenters. The van der Waals surface area contributed by atoms with Gasteiger partial charge in [0.25, 0.3) is 0 Å². The summed E-state index contributed by atoms with van der Waals surface area (Å²) in [5.41, 5.74) is 3.10. The number of nitrogens with zero attached hydrogens (tertiary/aromatic N) is 4. The second-order valence-corrected chi connectivity index (χ2v) is 9.14. The van der Waals surface area contributed by atoms with Crippen LogP contribution in [0.25, 0.3) is 32.4 Å². The van der Waals surface area contributed by atoms with Gasteiger partial charge >= 0.3 is 34.1 Å². The van der Waals surface area contributed by atoms with E-state index in [1.165, 1.54) is 0 Å². The van der Waals surface area contributed by atoms with Gasteiger partial charge < -0.3 is 31.7 Å². The van der Waals surface area contributed by atoms with Gasteiger partial charge in [-0.25, -0.2) is 0 Å². The molecule has 0 aliphatic heterocycles. The van der Waals surface area contributed by atoms with Crippen molar-refractivity contribution in [2.75, 3.05) is 39.3 Å². The van der Waals surface area contributed by atoms with Crippen LogP contribution < -0.4 is 20.8 Å². The number of benzene rings is 4. The number of fused-ring (bicyclic) bond motifs is 2. The third-order valence-corrected chi connectivity index (χ3v) is 6.28. The van der Waals surface area contributed by atoms with Gasteiger partial charge in [-0.2, -0.15) is 0 Å². The van der Waals surface area contributed by atoms with Gasteiger partial charge in [0, 0.05) is 24.5 Å². The van der Waals surface area contributed by atoms with Crippen molar-refractivity contribution in [2.24, 2.45) is 9.98 Å². The molecule has 2 radical (unpaired) electrons. The Labute approximate surface area is 291 Å². The van der Waals surface area contributed by atoms with Crippen molar-refractivity contribution in [3.8, 4) is 11.5 Å². The fourth-order valence-electron chi connectivity index (χ4n) is 4.37. The van der Waals surface area contributed by atoms with Crippen LogP contribution in [0.4, 0.5) is 0 Å². The van der Waals surface area contributed by atoms with Crippen LogP contribution in [0.1, 0.15) is 38.8 Å². The molecule has 0 fully saturated rings. The first-order chi connectivity index (χ1) is 21.3. The summed E-state index contributed by atoms with van der Waals surface area (Å²) in [6, 6.07) is 22.9. The maximum Gasteiger partial charge on any atom is 2.00 e. The van der Waals surface area contributed by atoms with Crippen LogP contribution in [0.15, 0.2) is 82.8 Å². The van der Waals surface area contributed by atoms with Crippen molar-refractivity contribution in [1.29, 1.82) is 0 Å². The van der Waals surface area contributed by atoms with Crippen LogP contribution in [0.5, 0.6) is 11.5 Å². The summed E-state index contributed by atoms with van der Waals surface area (Å²) in [6.07, 6.45) is 1.00. The molecule has 2 N–H and O–H groups in total. The Morgan fingerprint density at radius 3 is 1.30 bits per heavy atom. The van der Waals surface area contributed by atoms with Crippen LogP contribution in [-0.2, 0) is 43.7 Å². The molecule has 4 rings (SSSR count). The first kappa shape index (κ1) is 44.2. The molecule has 0 saturated heterocycles. The molecule has 0 spiro atoms. The molecule has 0 aliphatic rings. The van der Waals surface area contributed by atoms with Gasteiger partial charge in [-0.1, -0.05) is 98.1 Å². The molecule has 0 aliphatic carbocycles. The van der Waals surface area contributed by atoms with Crippen LogP contribution in [0, 0.1) is 0 Å². The molecule has 0 saturated carbocycles. The van der Waals surface area contributed by atoms with E-state index >= 15 is 0 Å². The van der Waals surface area contributed by atoms with Gasteiger partial charge in [0.2, 0.25) is 0 Å². The smallest absolute Gasteiger partial charge is 0.872 e. The maximum atomic E-state index is 12.1. The summed E-state index contributed by atoms with van der Waals surface area (Å²) in [4.78, 5) is 25.5. The average molecular weight is 722 g/mol. The maximum absolute atomic E-state index is 12.1. The Morgan fingerprint density at radius 1 is 0.652 bits per heavy atom. The molecule has 0 amide bonds. The first-order valence-electron chi connectivity index (χ1n) is 14.1. The Kier molecular flexibility index (Phi) is 25.3. The molecule has 10 nitrogen and oxygen atoms in total. The van der Waals surface area contributed by atoms with E-state index in [2.05, 4.69) is 34.5 Å². The van der Waals surface area contributed by atoms with E-state index in [9.17, 15) is 10.2 Å². The second kappa shape index (κ2) is 26.3. The van der Waals surface area contributed by atoms with E-state index in [-0.39, 0.29) is 45.6 Å². The van der Waals surface area contributed by atoms with Crippen molar-refractivity contribution in [2.45, 2.75) is 27.7 Å². The van der Waals surface area contributed by atoms with Crippen molar-refractivity contribution in [3.05, 3.63) is 94.7 Å². The van der Waals surface area contributed by atoms with Crippen molar-refractivity contribution >= 4 is 45.1 Å². The van der Waals surface area contributed by atoms with Crippen molar-refractivity contribution < 1.29 is 53.9 Å². The van der Waals surface area contributed by atoms with E-state index in [1.807, 2.05) is 74.5 Å². The summed E-state index contributed by atoms with van der Waals surface area (Å²) in [5.74, 6) is 0.0896. The van der Waals surface area contributed by atoms with Gasteiger partial charge in [0.05, 0.1) is 13.1 Å². The predicted octanol–water partition coefficient (Wildman–Crippen LogP) is 4.44. The summed E-state index contributed by atoms with van der Waals surface area (Å²) < 4.78 is 0. The molecule has 0 heterocycles. The summed E-state index contributed by atoms with van der Waals surface area (Å²) >= 11 is 0. The van der Waals surface area contributed by atoms with Crippen LogP contribution >= 0.6 is 0 Å². The molecule has 4 aromatic carbocycles. The van der Waals surface area contributed by atoms with Gasteiger partial charge in [-0.15, -0.1) is 0 Å². The van der Waals surface area contributed by atoms with E-state index in [0.717, 1.165) is 70.3 Å². The van der Waals surface area contributed by atoms with Gasteiger partial charge in [0.1, 0.15) is 0 Å². The number of nitrogens with one attached hydrogen (secondary N) is 2. The van der Waals surface area contributed by atoms with E-state index in [4.69, 9.17) is 20.4 Å². The zero-order valence-corrected chi connectivity index (χ0v) is 28.1. The van der Waals surface area contributed by atoms with Gasteiger partial charge in [0.15, 0.2) is 0 Å². The molecule has 0 unspecified atom stereocenters. The fraction of sp³-hybridized carbons (Fsp3) is 0.294. The summed E-state index contributed by atoms with van der Waals surface area (Å²) in [6.45, 7) is 12.9. The number of likely N-dealkylation sites (N-methyl/N-ethyl adjacent to an activating group) is 2. The van der Waals surface area contributed by atoms with Crippen molar-refractivity contribution in [1.82, 2.24) is 10.6 Å². The summed E-state index contributed by atoms with van der Waals surface area (Å²) in [5, 5.41) is 48.2. The minimum Gasteiger partial charge on any atom is -0.872 e. The molecule has 4 aromatic rings. The average Bonchev–Trinajstić information content (AvgIpc) is 3.02. The van der Waals surface area contributed by atoms with Crippen LogP contribution in [0.2, 0.25) is 0 Å². The SMILES string of the molecule is CCNCCN=C(C)c1c([O-])ccc2ccccc12.CCNCCN=C(C)c1c([O-])ccc2ccccc12.[Cu+2].[Cu+2].[N-]=C=O.[N-]=C=O. The quantitative estimate of drug-likeness (QED) is 0.106. The third kappa shape index (κ3) is 14.9. The zero-order chi connectivity index (χ0) is 32.7.